The molecular weight excluding hydrogens is 606 g/mol. The Kier molecular flexibility index (Phi) is 12.5. The lowest BCUT2D eigenvalue weighted by Crippen LogP contribution is -2.59. The van der Waals surface area contributed by atoms with Crippen molar-refractivity contribution in [2.24, 2.45) is 5.92 Å². The van der Waals surface area contributed by atoms with Gasteiger partial charge >= 0.3 is 12.1 Å². The molecule has 0 aromatic carbocycles. The van der Waals surface area contributed by atoms with E-state index in [0.29, 0.717) is 31.2 Å². The number of piperazine rings is 1. The average Bonchev–Trinajstić information content (AvgIpc) is 3.23. The Morgan fingerprint density at radius 3 is 2.44 bits per heavy atom. The number of nitrogens with zero attached hydrogens (tertiary/aromatic N) is 3. The number of pyridine rings is 1. The molecule has 2 bridgehead atoms. The number of ether oxygens (including phenoxy) is 2. The minimum absolute atomic E-state index is 0.106. The SMILES string of the molecule is C/C(=C\C=C\[C@@H](C)c1ccccn1)[C@H]1OC(=O)C[C@H](O)CC[C@@](C)(O)[C@@H](OC(=O)N2CC3CCC(C2)N3C2CCCCCC2)/C=C\[C@@H]1C. The second-order valence-electron chi connectivity index (χ2n) is 14.9. The molecule has 2 N–H and O–H groups in total. The van der Waals surface area contributed by atoms with Crippen LogP contribution >= 0.6 is 0 Å². The van der Waals surface area contributed by atoms with Crippen LogP contribution in [0.2, 0.25) is 0 Å². The zero-order chi connectivity index (χ0) is 34.3. The molecule has 2 unspecified atom stereocenters. The summed E-state index contributed by atoms with van der Waals surface area (Å²) in [5.74, 6) is -0.680. The summed E-state index contributed by atoms with van der Waals surface area (Å²) in [5.41, 5.74) is 0.352. The van der Waals surface area contributed by atoms with Crippen LogP contribution < -0.4 is 0 Å². The number of allylic oxidation sites excluding steroid dienone is 3. The summed E-state index contributed by atoms with van der Waals surface area (Å²) < 4.78 is 12.0. The molecule has 0 radical (unpaired) electrons. The monoisotopic (exact) mass is 663 g/mol. The lowest BCUT2D eigenvalue weighted by molar-refractivity contribution is -0.151. The van der Waals surface area contributed by atoms with Crippen molar-refractivity contribution in [1.29, 1.82) is 0 Å². The smallest absolute Gasteiger partial charge is 0.410 e. The largest absolute Gasteiger partial charge is 0.457 e. The van der Waals surface area contributed by atoms with E-state index in [1.165, 1.54) is 38.5 Å². The van der Waals surface area contributed by atoms with Gasteiger partial charge in [0.2, 0.25) is 0 Å². The number of aliphatic hydroxyl groups excluding tert-OH is 1. The zero-order valence-electron chi connectivity index (χ0n) is 29.4. The van der Waals surface area contributed by atoms with Gasteiger partial charge in [-0.25, -0.2) is 4.79 Å². The van der Waals surface area contributed by atoms with E-state index in [1.807, 2.05) is 61.3 Å². The molecule has 9 heteroatoms. The first-order valence-electron chi connectivity index (χ1n) is 18.3. The fourth-order valence-corrected chi connectivity index (χ4v) is 8.08. The highest BCUT2D eigenvalue weighted by Gasteiger charge is 2.45. The van der Waals surface area contributed by atoms with Gasteiger partial charge in [0, 0.05) is 54.9 Å². The third-order valence-electron chi connectivity index (χ3n) is 11.0. The van der Waals surface area contributed by atoms with Gasteiger partial charge in [0.1, 0.15) is 11.7 Å². The number of amides is 1. The summed E-state index contributed by atoms with van der Waals surface area (Å²) in [5, 5.41) is 22.3. The minimum Gasteiger partial charge on any atom is -0.457 e. The van der Waals surface area contributed by atoms with Gasteiger partial charge in [-0.15, -0.1) is 0 Å². The van der Waals surface area contributed by atoms with Crippen LogP contribution in [-0.4, -0.2) is 92.2 Å². The minimum atomic E-state index is -1.44. The van der Waals surface area contributed by atoms with Crippen LogP contribution in [0.4, 0.5) is 4.79 Å². The molecule has 2 saturated heterocycles. The van der Waals surface area contributed by atoms with Crippen LogP contribution in [0, 0.1) is 5.92 Å². The van der Waals surface area contributed by atoms with Crippen LogP contribution in [-0.2, 0) is 14.3 Å². The third-order valence-corrected chi connectivity index (χ3v) is 11.0. The summed E-state index contributed by atoms with van der Waals surface area (Å²) in [4.78, 5) is 35.6. The maximum Gasteiger partial charge on any atom is 0.410 e. The van der Waals surface area contributed by atoms with Gasteiger partial charge in [0.15, 0.2) is 6.10 Å². The number of aliphatic hydroxyl groups is 2. The summed E-state index contributed by atoms with van der Waals surface area (Å²) >= 11 is 0. The van der Waals surface area contributed by atoms with Crippen molar-refractivity contribution in [3.63, 3.8) is 0 Å². The van der Waals surface area contributed by atoms with Gasteiger partial charge in [0.25, 0.3) is 0 Å². The number of hydrogen-bond donors (Lipinski definition) is 2. The van der Waals surface area contributed by atoms with Crippen molar-refractivity contribution >= 4 is 12.1 Å². The number of rotatable bonds is 6. The van der Waals surface area contributed by atoms with Crippen LogP contribution in [0.1, 0.15) is 110 Å². The van der Waals surface area contributed by atoms with Crippen LogP contribution in [0.15, 0.2) is 60.3 Å². The molecule has 48 heavy (non-hydrogen) atoms. The Balaban J connectivity index is 1.29. The van der Waals surface area contributed by atoms with Gasteiger partial charge in [0.05, 0.1) is 12.5 Å². The van der Waals surface area contributed by atoms with Gasteiger partial charge in [-0.3, -0.25) is 14.7 Å². The molecule has 1 aromatic heterocycles. The van der Waals surface area contributed by atoms with Crippen molar-refractivity contribution < 1.29 is 29.3 Å². The number of fused-ring (bicyclic) bond motifs is 2. The van der Waals surface area contributed by atoms with E-state index in [1.54, 1.807) is 19.2 Å². The number of cyclic esters (lactones) is 1. The molecule has 264 valence electrons. The van der Waals surface area contributed by atoms with E-state index in [4.69, 9.17) is 9.47 Å². The molecule has 1 aromatic rings. The molecule has 4 heterocycles. The van der Waals surface area contributed by atoms with Gasteiger partial charge in [-0.2, -0.15) is 0 Å². The number of carbonyl (C=O) groups excluding carboxylic acids is 2. The van der Waals surface area contributed by atoms with E-state index in [9.17, 15) is 19.8 Å². The van der Waals surface area contributed by atoms with E-state index in [-0.39, 0.29) is 31.1 Å². The van der Waals surface area contributed by atoms with E-state index >= 15 is 0 Å². The first kappa shape index (κ1) is 36.3. The first-order valence-corrected chi connectivity index (χ1v) is 18.3. The molecule has 3 aliphatic heterocycles. The molecule has 8 atom stereocenters. The Morgan fingerprint density at radius 1 is 1.06 bits per heavy atom. The molecule has 5 rings (SSSR count). The summed E-state index contributed by atoms with van der Waals surface area (Å²) in [6, 6.07) is 7.17. The average molecular weight is 664 g/mol. The number of aromatic nitrogens is 1. The Labute approximate surface area is 287 Å². The van der Waals surface area contributed by atoms with Gasteiger partial charge < -0.3 is 24.6 Å². The van der Waals surface area contributed by atoms with Gasteiger partial charge in [-0.05, 0) is 76.2 Å². The molecule has 1 saturated carbocycles. The predicted molar refractivity (Wildman–Crippen MR) is 186 cm³/mol. The van der Waals surface area contributed by atoms with E-state index < -0.39 is 36.0 Å². The number of likely N-dealkylation sites (tertiary alicyclic amines) is 1. The standard InChI is InChI=1S/C39H57N3O6/c1-27(34-16-9-10-23-40-34)12-11-13-28(2)37-29(3)17-20-35(39(4,46)22-21-33(43)24-36(44)48-37)47-38(45)41-25-31-18-19-32(26-41)42(31)30-14-7-5-6-8-15-30/h9-13,16-17,20,23,27,29-33,35,37,43,46H,5-8,14-15,18-19,21-22,24-26H2,1-4H3/b12-11+,20-17-,28-13+/t27-,29+,31?,32?,33-,35+,37-,39-/m1/s1. The van der Waals surface area contributed by atoms with Crippen LogP contribution in [0.3, 0.4) is 0 Å². The second-order valence-corrected chi connectivity index (χ2v) is 14.9. The normalized spacial score (nSPS) is 34.5. The number of esters is 1. The van der Waals surface area contributed by atoms with Crippen molar-refractivity contribution in [3.8, 4) is 0 Å². The van der Waals surface area contributed by atoms with Crippen molar-refractivity contribution in [2.45, 2.75) is 146 Å². The predicted octanol–water partition coefficient (Wildman–Crippen LogP) is 6.46. The molecule has 3 fully saturated rings. The molecule has 4 aliphatic rings. The highest BCUT2D eigenvalue weighted by molar-refractivity contribution is 5.70. The number of carbonyl (C=O) groups is 2. The van der Waals surface area contributed by atoms with E-state index in [0.717, 1.165) is 24.1 Å². The Bertz CT molecular complexity index is 1290. The van der Waals surface area contributed by atoms with Crippen molar-refractivity contribution in [3.05, 3.63) is 66.0 Å². The summed E-state index contributed by atoms with van der Waals surface area (Å²) in [6.07, 6.45) is 18.4. The molecule has 0 spiro atoms. The van der Waals surface area contributed by atoms with E-state index in [2.05, 4.69) is 16.8 Å². The molecule has 9 nitrogen and oxygen atoms in total. The highest BCUT2D eigenvalue weighted by atomic mass is 16.6. The second kappa shape index (κ2) is 16.6. The summed E-state index contributed by atoms with van der Waals surface area (Å²) in [6.45, 7) is 8.85. The van der Waals surface area contributed by atoms with Crippen molar-refractivity contribution in [2.75, 3.05) is 13.1 Å². The van der Waals surface area contributed by atoms with Crippen LogP contribution in [0.5, 0.6) is 0 Å². The molecule has 1 aliphatic carbocycles. The lowest BCUT2D eigenvalue weighted by atomic mass is 9.88. The zero-order valence-corrected chi connectivity index (χ0v) is 29.4. The van der Waals surface area contributed by atoms with Gasteiger partial charge in [-0.1, -0.05) is 69.9 Å². The van der Waals surface area contributed by atoms with Crippen molar-refractivity contribution in [1.82, 2.24) is 14.8 Å². The summed E-state index contributed by atoms with van der Waals surface area (Å²) in [7, 11) is 0. The maximum atomic E-state index is 13.7. The fourth-order valence-electron chi connectivity index (χ4n) is 8.08. The maximum absolute atomic E-state index is 13.7. The molecular formula is C39H57N3O6. The third kappa shape index (κ3) is 9.36. The first-order chi connectivity index (χ1) is 23.0. The topological polar surface area (TPSA) is 112 Å². The Morgan fingerprint density at radius 2 is 1.77 bits per heavy atom. The lowest BCUT2D eigenvalue weighted by Gasteiger charge is -2.45. The quantitative estimate of drug-likeness (QED) is 0.154. The Hall–Kier alpha value is -3.01. The van der Waals surface area contributed by atoms with Crippen LogP contribution in [0.25, 0.3) is 0 Å². The molecule has 1 amide bonds. The fraction of sp³-hybridized carbons (Fsp3) is 0.667. The highest BCUT2D eigenvalue weighted by Crippen LogP contribution is 2.37. The number of hydrogen-bond acceptors (Lipinski definition) is 8.